The van der Waals surface area contributed by atoms with Crippen molar-refractivity contribution in [2.75, 3.05) is 58.8 Å². The Bertz CT molecular complexity index is 592. The molecular weight excluding hydrogens is 322 g/mol. The topological polar surface area (TPSA) is 67.9 Å². The number of nitrogens with zero attached hydrogens (tertiary/aromatic N) is 2. The maximum atomic E-state index is 12.5. The predicted molar refractivity (Wildman–Crippen MR) is 95.6 cm³/mol. The molecule has 1 aliphatic heterocycles. The van der Waals surface area contributed by atoms with Crippen LogP contribution < -0.4 is 10.1 Å². The first-order valence-electron chi connectivity index (χ1n) is 8.66. The number of quaternary nitrogens is 1. The van der Waals surface area contributed by atoms with Crippen LogP contribution >= 0.6 is 0 Å². The van der Waals surface area contributed by atoms with Crippen molar-refractivity contribution in [3.63, 3.8) is 0 Å². The summed E-state index contributed by atoms with van der Waals surface area (Å²) in [6, 6.07) is 6.88. The minimum absolute atomic E-state index is 0.0357. The molecule has 2 amide bonds. The molecule has 1 saturated heterocycles. The maximum Gasteiger partial charge on any atom is 0.414 e. The van der Waals surface area contributed by atoms with Crippen LogP contribution in [0.2, 0.25) is 0 Å². The minimum Gasteiger partial charge on any atom is -0.410 e. The number of ether oxygens (including phenoxy) is 2. The van der Waals surface area contributed by atoms with E-state index < -0.39 is 6.09 Å². The van der Waals surface area contributed by atoms with Gasteiger partial charge in [0, 0.05) is 25.8 Å². The van der Waals surface area contributed by atoms with E-state index in [1.54, 1.807) is 38.4 Å². The summed E-state index contributed by atoms with van der Waals surface area (Å²) >= 11 is 0. The molecule has 2 rings (SSSR count). The molecule has 0 saturated carbocycles. The Morgan fingerprint density at radius 3 is 2.64 bits per heavy atom. The predicted octanol–water partition coefficient (Wildman–Crippen LogP) is 1.94. The Morgan fingerprint density at radius 2 is 2.00 bits per heavy atom. The fraction of sp³-hybridized carbons (Fsp3) is 0.556. The molecule has 0 aliphatic carbocycles. The quantitative estimate of drug-likeness (QED) is 0.796. The molecule has 25 heavy (non-hydrogen) atoms. The van der Waals surface area contributed by atoms with Crippen LogP contribution in [0.1, 0.15) is 13.3 Å². The summed E-state index contributed by atoms with van der Waals surface area (Å²) in [5.41, 5.74) is 0.622. The molecule has 0 atom stereocenters. The largest absolute Gasteiger partial charge is 0.414 e. The van der Waals surface area contributed by atoms with Crippen molar-refractivity contribution in [3.8, 4) is 5.75 Å². The normalized spacial score (nSPS) is 16.1. The summed E-state index contributed by atoms with van der Waals surface area (Å²) in [4.78, 5) is 25.5. The zero-order chi connectivity index (χ0) is 18.3. The minimum atomic E-state index is -0.454. The molecule has 0 bridgehead atoms. The van der Waals surface area contributed by atoms with Crippen molar-refractivity contribution in [1.82, 2.24) is 4.90 Å². The summed E-state index contributed by atoms with van der Waals surface area (Å²) in [6.07, 6.45) is 0.577. The van der Waals surface area contributed by atoms with E-state index in [4.69, 9.17) is 9.47 Å². The molecule has 1 aromatic carbocycles. The third-order valence-electron chi connectivity index (χ3n) is 4.29. The monoisotopic (exact) mass is 350 g/mol. The van der Waals surface area contributed by atoms with Crippen molar-refractivity contribution in [2.45, 2.75) is 13.3 Å². The first-order valence-corrected chi connectivity index (χ1v) is 8.66. The lowest BCUT2D eigenvalue weighted by Crippen LogP contribution is -2.58. The molecule has 0 spiro atoms. The van der Waals surface area contributed by atoms with E-state index in [9.17, 15) is 9.59 Å². The molecule has 1 heterocycles. The number of carbonyl (C=O) groups excluding carboxylic acids is 2. The van der Waals surface area contributed by atoms with E-state index >= 15 is 0 Å². The van der Waals surface area contributed by atoms with Crippen molar-refractivity contribution in [1.29, 1.82) is 0 Å². The Kier molecular flexibility index (Phi) is 6.78. The second-order valence-electron chi connectivity index (χ2n) is 6.62. The zero-order valence-corrected chi connectivity index (χ0v) is 15.3. The number of carbonyl (C=O) groups is 2. The van der Waals surface area contributed by atoms with Crippen LogP contribution in [0.15, 0.2) is 24.3 Å². The van der Waals surface area contributed by atoms with Gasteiger partial charge in [0.05, 0.1) is 19.8 Å². The van der Waals surface area contributed by atoms with E-state index in [1.807, 2.05) is 0 Å². The van der Waals surface area contributed by atoms with E-state index in [2.05, 4.69) is 12.2 Å². The molecule has 0 aromatic heterocycles. The third-order valence-corrected chi connectivity index (χ3v) is 4.29. The number of rotatable bonds is 6. The molecule has 1 fully saturated rings. The van der Waals surface area contributed by atoms with Crippen LogP contribution in [0.5, 0.6) is 5.75 Å². The van der Waals surface area contributed by atoms with Crippen molar-refractivity contribution in [2.24, 2.45) is 0 Å². The first-order chi connectivity index (χ1) is 11.9. The van der Waals surface area contributed by atoms with Crippen LogP contribution in [-0.4, -0.2) is 74.9 Å². The van der Waals surface area contributed by atoms with Gasteiger partial charge in [-0.15, -0.1) is 0 Å². The lowest BCUT2D eigenvalue weighted by Gasteiger charge is -2.40. The molecular formula is C18H28N3O4+. The summed E-state index contributed by atoms with van der Waals surface area (Å²) in [6.45, 7) is 6.65. The van der Waals surface area contributed by atoms with Gasteiger partial charge in [0.1, 0.15) is 18.8 Å². The van der Waals surface area contributed by atoms with Crippen molar-refractivity contribution in [3.05, 3.63) is 24.3 Å². The molecule has 7 heteroatoms. The highest BCUT2D eigenvalue weighted by molar-refractivity contribution is 5.91. The fourth-order valence-corrected chi connectivity index (χ4v) is 3.00. The number of amides is 2. The summed E-state index contributed by atoms with van der Waals surface area (Å²) in [5, 5.41) is 2.91. The van der Waals surface area contributed by atoms with E-state index in [1.165, 1.54) is 4.90 Å². The smallest absolute Gasteiger partial charge is 0.410 e. The molecule has 1 aliphatic rings. The van der Waals surface area contributed by atoms with Gasteiger partial charge in [-0.2, -0.15) is 0 Å². The van der Waals surface area contributed by atoms with Gasteiger partial charge in [-0.25, -0.2) is 4.79 Å². The molecule has 138 valence electrons. The van der Waals surface area contributed by atoms with Gasteiger partial charge in [0.25, 0.3) is 5.91 Å². The summed E-state index contributed by atoms with van der Waals surface area (Å²) < 4.78 is 11.4. The van der Waals surface area contributed by atoms with Crippen LogP contribution in [0, 0.1) is 0 Å². The highest BCUT2D eigenvalue weighted by atomic mass is 16.6. The van der Waals surface area contributed by atoms with Crippen molar-refractivity contribution < 1.29 is 23.5 Å². The highest BCUT2D eigenvalue weighted by Crippen LogP contribution is 2.19. The van der Waals surface area contributed by atoms with Gasteiger partial charge in [-0.1, -0.05) is 13.0 Å². The standard InChI is InChI=1S/C18H27N3O4/c1-4-8-21(9-11-24-12-10-21)14-17(22)19-15-6-5-7-16(13-15)25-18(23)20(2)3/h5-7,13H,4,8-12,14H2,1-3H3/p+1. The second-order valence-corrected chi connectivity index (χ2v) is 6.62. The molecule has 1 aromatic rings. The van der Waals surface area contributed by atoms with E-state index in [0.717, 1.165) is 30.5 Å². The van der Waals surface area contributed by atoms with E-state index in [-0.39, 0.29) is 5.91 Å². The Balaban J connectivity index is 1.98. The molecule has 7 nitrogen and oxygen atoms in total. The van der Waals surface area contributed by atoms with Crippen LogP contribution in [-0.2, 0) is 9.53 Å². The second kappa shape index (κ2) is 8.82. The Labute approximate surface area is 149 Å². The van der Waals surface area contributed by atoms with Crippen molar-refractivity contribution >= 4 is 17.7 Å². The molecule has 0 radical (unpaired) electrons. The summed E-state index contributed by atoms with van der Waals surface area (Å²) in [5.74, 6) is 0.367. The van der Waals surface area contributed by atoms with Gasteiger partial charge >= 0.3 is 6.09 Å². The lowest BCUT2D eigenvalue weighted by molar-refractivity contribution is -0.927. The summed E-state index contributed by atoms with van der Waals surface area (Å²) in [7, 11) is 3.24. The first kappa shape index (κ1) is 19.2. The van der Waals surface area contributed by atoms with Gasteiger partial charge in [-0.05, 0) is 18.6 Å². The Hall–Kier alpha value is -2.12. The van der Waals surface area contributed by atoms with Gasteiger partial charge in [0.15, 0.2) is 6.54 Å². The number of hydrogen-bond acceptors (Lipinski definition) is 4. The number of benzene rings is 1. The Morgan fingerprint density at radius 1 is 1.28 bits per heavy atom. The van der Waals surface area contributed by atoms with Crippen LogP contribution in [0.4, 0.5) is 10.5 Å². The van der Waals surface area contributed by atoms with Crippen LogP contribution in [0.3, 0.4) is 0 Å². The van der Waals surface area contributed by atoms with E-state index in [0.29, 0.717) is 31.2 Å². The van der Waals surface area contributed by atoms with Gasteiger partial charge in [0.2, 0.25) is 0 Å². The third kappa shape index (κ3) is 5.72. The molecule has 1 N–H and O–H groups in total. The van der Waals surface area contributed by atoms with Gasteiger partial charge < -0.3 is 24.2 Å². The number of hydrogen-bond donors (Lipinski definition) is 1. The number of nitrogens with one attached hydrogen (secondary N) is 1. The maximum absolute atomic E-state index is 12.5. The number of morpholine rings is 1. The van der Waals surface area contributed by atoms with Crippen LogP contribution in [0.25, 0.3) is 0 Å². The molecule has 0 unspecified atom stereocenters. The number of anilines is 1. The average molecular weight is 350 g/mol. The SMILES string of the molecule is CCC[N+]1(CC(=O)Nc2cccc(OC(=O)N(C)C)c2)CCOCC1. The average Bonchev–Trinajstić information content (AvgIpc) is 2.55. The zero-order valence-electron chi connectivity index (χ0n) is 15.3. The fourth-order valence-electron chi connectivity index (χ4n) is 3.00. The van der Waals surface area contributed by atoms with Gasteiger partial charge in [-0.3, -0.25) is 4.79 Å². The lowest BCUT2D eigenvalue weighted by atomic mass is 10.2. The highest BCUT2D eigenvalue weighted by Gasteiger charge is 2.32.